The van der Waals surface area contributed by atoms with Gasteiger partial charge in [-0.3, -0.25) is 4.90 Å². The summed E-state index contributed by atoms with van der Waals surface area (Å²) in [5.74, 6) is 0. The van der Waals surface area contributed by atoms with Gasteiger partial charge in [0.05, 0.1) is 12.1 Å². The first kappa shape index (κ1) is 9.96. The fourth-order valence-corrected chi connectivity index (χ4v) is 1.77. The highest BCUT2D eigenvalue weighted by Crippen LogP contribution is 2.20. The van der Waals surface area contributed by atoms with Gasteiger partial charge < -0.3 is 10.5 Å². The molecule has 1 atom stereocenters. The second kappa shape index (κ2) is 3.73. The highest BCUT2D eigenvalue weighted by molar-refractivity contribution is 4.95. The molecule has 1 fully saturated rings. The molecule has 0 amide bonds. The molecule has 0 spiro atoms. The summed E-state index contributed by atoms with van der Waals surface area (Å²) in [5.41, 5.74) is 6.03. The highest BCUT2D eigenvalue weighted by atomic mass is 16.5. The highest BCUT2D eigenvalue weighted by Gasteiger charge is 2.35. The van der Waals surface area contributed by atoms with Gasteiger partial charge in [0.25, 0.3) is 0 Å². The lowest BCUT2D eigenvalue weighted by atomic mass is 10.0. The standard InChI is InChI=1S/C9H20N2O/c1-8(2)11-5-4-9(10,6-11)7-12-3/h8H,4-7,10H2,1-3H3/t9-/m0/s1. The lowest BCUT2D eigenvalue weighted by Gasteiger charge is -2.25. The van der Waals surface area contributed by atoms with E-state index >= 15 is 0 Å². The number of nitrogens with two attached hydrogens (primary N) is 1. The van der Waals surface area contributed by atoms with Crippen LogP contribution in [0.25, 0.3) is 0 Å². The van der Waals surface area contributed by atoms with E-state index in [1.54, 1.807) is 7.11 Å². The minimum atomic E-state index is -0.0982. The molecule has 3 nitrogen and oxygen atoms in total. The second-order valence-electron chi connectivity index (χ2n) is 4.11. The van der Waals surface area contributed by atoms with E-state index in [0.29, 0.717) is 12.6 Å². The number of hydrogen-bond donors (Lipinski definition) is 1. The van der Waals surface area contributed by atoms with Gasteiger partial charge >= 0.3 is 0 Å². The summed E-state index contributed by atoms with van der Waals surface area (Å²) < 4.78 is 5.11. The number of nitrogens with zero attached hydrogens (tertiary/aromatic N) is 1. The van der Waals surface area contributed by atoms with E-state index in [9.17, 15) is 0 Å². The zero-order valence-corrected chi connectivity index (χ0v) is 8.34. The fraction of sp³-hybridized carbons (Fsp3) is 1.00. The van der Waals surface area contributed by atoms with Crippen molar-refractivity contribution in [2.24, 2.45) is 5.73 Å². The van der Waals surface area contributed by atoms with Crippen molar-refractivity contribution in [2.75, 3.05) is 26.8 Å². The van der Waals surface area contributed by atoms with Crippen molar-refractivity contribution in [1.29, 1.82) is 0 Å². The molecule has 0 aromatic heterocycles. The Labute approximate surface area is 74.9 Å². The Kier molecular flexibility index (Phi) is 3.09. The van der Waals surface area contributed by atoms with Crippen molar-refractivity contribution in [1.82, 2.24) is 4.90 Å². The Balaban J connectivity index is 2.43. The average molecular weight is 172 g/mol. The molecule has 72 valence electrons. The van der Waals surface area contributed by atoms with Crippen LogP contribution in [0.5, 0.6) is 0 Å². The molecule has 0 saturated carbocycles. The van der Waals surface area contributed by atoms with E-state index in [2.05, 4.69) is 18.7 Å². The molecule has 0 aliphatic carbocycles. The average Bonchev–Trinajstić information content (AvgIpc) is 2.33. The van der Waals surface area contributed by atoms with Crippen LogP contribution < -0.4 is 5.73 Å². The topological polar surface area (TPSA) is 38.5 Å². The molecule has 1 rings (SSSR count). The van der Waals surface area contributed by atoms with Crippen molar-refractivity contribution >= 4 is 0 Å². The molecule has 2 N–H and O–H groups in total. The van der Waals surface area contributed by atoms with Crippen LogP contribution >= 0.6 is 0 Å². The summed E-state index contributed by atoms with van der Waals surface area (Å²) in [5, 5.41) is 0. The minimum Gasteiger partial charge on any atom is -0.383 e. The third kappa shape index (κ3) is 2.19. The largest absolute Gasteiger partial charge is 0.383 e. The molecular formula is C9H20N2O. The first-order valence-electron chi connectivity index (χ1n) is 4.59. The van der Waals surface area contributed by atoms with E-state index < -0.39 is 0 Å². The van der Waals surface area contributed by atoms with Gasteiger partial charge in [0.15, 0.2) is 0 Å². The Morgan fingerprint density at radius 1 is 1.58 bits per heavy atom. The first-order valence-corrected chi connectivity index (χ1v) is 4.59. The third-order valence-electron chi connectivity index (χ3n) is 2.58. The predicted molar refractivity (Wildman–Crippen MR) is 50.1 cm³/mol. The molecule has 1 saturated heterocycles. The summed E-state index contributed by atoms with van der Waals surface area (Å²) in [6, 6.07) is 0.604. The zero-order chi connectivity index (χ0) is 9.19. The van der Waals surface area contributed by atoms with Crippen molar-refractivity contribution in [3.63, 3.8) is 0 Å². The Bertz CT molecular complexity index is 149. The van der Waals surface area contributed by atoms with Crippen molar-refractivity contribution in [2.45, 2.75) is 31.8 Å². The molecule has 1 heterocycles. The minimum absolute atomic E-state index is 0.0982. The van der Waals surface area contributed by atoms with Crippen LogP contribution in [0.2, 0.25) is 0 Å². The van der Waals surface area contributed by atoms with Crippen LogP contribution in [0.4, 0.5) is 0 Å². The van der Waals surface area contributed by atoms with Crippen LogP contribution in [-0.4, -0.2) is 43.3 Å². The molecule has 12 heavy (non-hydrogen) atoms. The number of likely N-dealkylation sites (tertiary alicyclic amines) is 1. The number of methoxy groups -OCH3 is 1. The summed E-state index contributed by atoms with van der Waals surface area (Å²) in [4.78, 5) is 2.40. The molecule has 1 aliphatic rings. The van der Waals surface area contributed by atoms with Gasteiger partial charge in [0.2, 0.25) is 0 Å². The van der Waals surface area contributed by atoms with Crippen molar-refractivity contribution in [3.8, 4) is 0 Å². The molecule has 3 heteroatoms. The predicted octanol–water partition coefficient (Wildman–Crippen LogP) is 0.444. The SMILES string of the molecule is COC[C@]1(N)CCN(C(C)C)C1. The quantitative estimate of drug-likeness (QED) is 0.671. The molecular weight excluding hydrogens is 152 g/mol. The molecule has 0 bridgehead atoms. The smallest absolute Gasteiger partial charge is 0.0655 e. The lowest BCUT2D eigenvalue weighted by molar-refractivity contribution is 0.130. The molecule has 0 aromatic carbocycles. The van der Waals surface area contributed by atoms with E-state index in [4.69, 9.17) is 10.5 Å². The number of rotatable bonds is 3. The second-order valence-corrected chi connectivity index (χ2v) is 4.11. The molecule has 1 aliphatic heterocycles. The van der Waals surface area contributed by atoms with Crippen LogP contribution in [0, 0.1) is 0 Å². The number of hydrogen-bond acceptors (Lipinski definition) is 3. The van der Waals surface area contributed by atoms with E-state index in [1.807, 2.05) is 0 Å². The van der Waals surface area contributed by atoms with Gasteiger partial charge in [-0.2, -0.15) is 0 Å². The van der Waals surface area contributed by atoms with E-state index in [1.165, 1.54) is 0 Å². The molecule has 0 radical (unpaired) electrons. The van der Waals surface area contributed by atoms with Crippen LogP contribution in [0.1, 0.15) is 20.3 Å². The van der Waals surface area contributed by atoms with Crippen molar-refractivity contribution < 1.29 is 4.74 Å². The van der Waals surface area contributed by atoms with E-state index in [-0.39, 0.29) is 5.54 Å². The summed E-state index contributed by atoms with van der Waals surface area (Å²) in [6.07, 6.45) is 1.05. The fourth-order valence-electron chi connectivity index (χ4n) is 1.77. The van der Waals surface area contributed by atoms with Gasteiger partial charge in [-0.05, 0) is 20.3 Å². The van der Waals surface area contributed by atoms with Crippen LogP contribution in [-0.2, 0) is 4.74 Å². The molecule has 0 unspecified atom stereocenters. The maximum atomic E-state index is 6.13. The van der Waals surface area contributed by atoms with Crippen LogP contribution in [0.3, 0.4) is 0 Å². The van der Waals surface area contributed by atoms with Gasteiger partial charge in [0.1, 0.15) is 0 Å². The maximum Gasteiger partial charge on any atom is 0.0655 e. The van der Waals surface area contributed by atoms with Crippen LogP contribution in [0.15, 0.2) is 0 Å². The Morgan fingerprint density at radius 3 is 2.67 bits per heavy atom. The molecule has 0 aromatic rings. The van der Waals surface area contributed by atoms with Gasteiger partial charge in [0, 0.05) is 26.2 Å². The zero-order valence-electron chi connectivity index (χ0n) is 8.34. The Morgan fingerprint density at radius 2 is 2.25 bits per heavy atom. The summed E-state index contributed by atoms with van der Waals surface area (Å²) >= 11 is 0. The van der Waals surface area contributed by atoms with E-state index in [0.717, 1.165) is 19.5 Å². The number of ether oxygens (including phenoxy) is 1. The van der Waals surface area contributed by atoms with Crippen molar-refractivity contribution in [3.05, 3.63) is 0 Å². The normalized spacial score (nSPS) is 31.8. The lowest BCUT2D eigenvalue weighted by Crippen LogP contribution is -2.47. The summed E-state index contributed by atoms with van der Waals surface area (Å²) in [6.45, 7) is 7.17. The van der Waals surface area contributed by atoms with Gasteiger partial charge in [-0.15, -0.1) is 0 Å². The monoisotopic (exact) mass is 172 g/mol. The Hall–Kier alpha value is -0.120. The summed E-state index contributed by atoms with van der Waals surface area (Å²) in [7, 11) is 1.71. The van der Waals surface area contributed by atoms with Gasteiger partial charge in [-0.1, -0.05) is 0 Å². The first-order chi connectivity index (χ1) is 5.57. The third-order valence-corrected chi connectivity index (χ3v) is 2.58. The van der Waals surface area contributed by atoms with Gasteiger partial charge in [-0.25, -0.2) is 0 Å². The maximum absolute atomic E-state index is 6.13.